The fraction of sp³-hybridized carbons (Fsp3) is 0.154. The maximum absolute atomic E-state index is 2.59. The molecule has 2 aromatic heterocycles. The summed E-state index contributed by atoms with van der Waals surface area (Å²) in [5.41, 5.74) is 13.1. The molecule has 2 heterocycles. The molecule has 8 aromatic carbocycles. The third kappa shape index (κ3) is 4.34. The zero-order chi connectivity index (χ0) is 36.3. The van der Waals surface area contributed by atoms with Crippen LogP contribution in [0.3, 0.4) is 0 Å². The predicted octanol–water partition coefficient (Wildman–Crippen LogP) is 14.2. The summed E-state index contributed by atoms with van der Waals surface area (Å²) in [5.74, 6) is 0. The van der Waals surface area contributed by atoms with Gasteiger partial charge in [-0.1, -0.05) is 149 Å². The van der Waals surface area contributed by atoms with Crippen LogP contribution in [0.1, 0.15) is 51.7 Å². The van der Waals surface area contributed by atoms with Crippen LogP contribution in [0.5, 0.6) is 0 Å². The van der Waals surface area contributed by atoms with Gasteiger partial charge in [0.2, 0.25) is 0 Å². The lowest BCUT2D eigenvalue weighted by Crippen LogP contribution is -2.34. The highest BCUT2D eigenvalue weighted by Crippen LogP contribution is 2.51. The van der Waals surface area contributed by atoms with Crippen LogP contribution in [0.25, 0.3) is 87.7 Å². The monoisotopic (exact) mass is 694 g/mol. The number of hydrogen-bond donors (Lipinski definition) is 0. The molecule has 54 heavy (non-hydrogen) atoms. The van der Waals surface area contributed by atoms with Crippen molar-refractivity contribution in [2.45, 2.75) is 51.4 Å². The lowest BCUT2D eigenvalue weighted by atomic mass is 9.62. The lowest BCUT2D eigenvalue weighted by Gasteiger charge is -2.42. The first-order chi connectivity index (χ1) is 26.3. The van der Waals surface area contributed by atoms with Gasteiger partial charge >= 0.3 is 0 Å². The summed E-state index contributed by atoms with van der Waals surface area (Å²) in [6, 6.07) is 58.9. The van der Waals surface area contributed by atoms with E-state index in [1.807, 2.05) is 0 Å². The third-order valence-electron chi connectivity index (χ3n) is 12.7. The van der Waals surface area contributed by atoms with Crippen molar-refractivity contribution in [2.24, 2.45) is 0 Å². The van der Waals surface area contributed by atoms with Gasteiger partial charge in [-0.2, -0.15) is 0 Å². The Kier molecular flexibility index (Phi) is 6.51. The van der Waals surface area contributed by atoms with Crippen molar-refractivity contribution in [3.05, 3.63) is 169 Å². The van der Waals surface area contributed by atoms with Gasteiger partial charge < -0.3 is 9.13 Å². The fourth-order valence-corrected chi connectivity index (χ4v) is 9.97. The van der Waals surface area contributed by atoms with Crippen LogP contribution < -0.4 is 0 Å². The molecule has 2 nitrogen and oxygen atoms in total. The summed E-state index contributed by atoms with van der Waals surface area (Å²) < 4.78 is 5.13. The minimum Gasteiger partial charge on any atom is -0.309 e. The Bertz CT molecular complexity index is 3140. The summed E-state index contributed by atoms with van der Waals surface area (Å²) in [6.45, 7) is 9.79. The topological polar surface area (TPSA) is 9.86 Å². The molecule has 0 saturated carbocycles. The van der Waals surface area contributed by atoms with Gasteiger partial charge in [0, 0.05) is 32.6 Å². The molecule has 0 N–H and O–H groups in total. The maximum atomic E-state index is 2.59. The number of aromatic nitrogens is 2. The third-order valence-corrected chi connectivity index (χ3v) is 12.7. The molecular formula is C52H42N2. The minimum absolute atomic E-state index is 0.0439. The van der Waals surface area contributed by atoms with E-state index in [0.717, 1.165) is 6.42 Å². The molecule has 0 aliphatic heterocycles. The second kappa shape index (κ2) is 11.2. The largest absolute Gasteiger partial charge is 0.309 e. The molecule has 2 heteroatoms. The van der Waals surface area contributed by atoms with Crippen LogP contribution >= 0.6 is 0 Å². The minimum atomic E-state index is 0.0439. The van der Waals surface area contributed by atoms with Crippen LogP contribution in [0.2, 0.25) is 0 Å². The number of nitrogens with zero attached hydrogens (tertiary/aromatic N) is 2. The first-order valence-electron chi connectivity index (χ1n) is 19.4. The van der Waals surface area contributed by atoms with E-state index in [-0.39, 0.29) is 10.8 Å². The molecule has 1 aliphatic rings. The Morgan fingerprint density at radius 1 is 0.444 bits per heavy atom. The fourth-order valence-electron chi connectivity index (χ4n) is 9.97. The van der Waals surface area contributed by atoms with Gasteiger partial charge in [-0.05, 0) is 98.5 Å². The van der Waals surface area contributed by atoms with Crippen molar-refractivity contribution >= 4 is 65.2 Å². The number of hydrogen-bond acceptors (Lipinski definition) is 0. The molecular weight excluding hydrogens is 653 g/mol. The van der Waals surface area contributed by atoms with Crippen molar-refractivity contribution in [2.75, 3.05) is 0 Å². The summed E-state index contributed by atoms with van der Waals surface area (Å²) in [5, 5.41) is 10.2. The van der Waals surface area contributed by atoms with Gasteiger partial charge in [-0.3, -0.25) is 0 Å². The Morgan fingerprint density at radius 2 is 1.09 bits per heavy atom. The quantitative estimate of drug-likeness (QED) is 0.174. The van der Waals surface area contributed by atoms with E-state index < -0.39 is 0 Å². The summed E-state index contributed by atoms with van der Waals surface area (Å²) in [4.78, 5) is 0. The Morgan fingerprint density at radius 3 is 1.89 bits per heavy atom. The lowest BCUT2D eigenvalue weighted by molar-refractivity contribution is 0.334. The van der Waals surface area contributed by atoms with E-state index in [0.29, 0.717) is 0 Å². The van der Waals surface area contributed by atoms with E-state index in [1.165, 1.54) is 105 Å². The standard InChI is InChI=1S/C52H42N2/c1-51(2)29-30-52(3,4)49-43(51)26-24-40-41-31-47-42(32-46(41)53(50(40)49)35-18-9-6-10-19-35)48-37-20-12-11-17-34(37)23-27-45(48)54(47)44-28-25-36(33-15-7-5-8-16-33)38-21-13-14-22-39(38)44/h5-28,31-32H,29-30H2,1-4H3. The molecule has 1 aliphatic carbocycles. The zero-order valence-electron chi connectivity index (χ0n) is 31.3. The molecule has 0 fully saturated rings. The molecule has 0 atom stereocenters. The number of fused-ring (bicyclic) bond motifs is 11. The molecule has 0 saturated heterocycles. The second-order valence-corrected chi connectivity index (χ2v) is 16.8. The van der Waals surface area contributed by atoms with Crippen molar-refractivity contribution in [1.29, 1.82) is 0 Å². The zero-order valence-corrected chi connectivity index (χ0v) is 31.3. The molecule has 0 spiro atoms. The van der Waals surface area contributed by atoms with Gasteiger partial charge in [-0.15, -0.1) is 0 Å². The van der Waals surface area contributed by atoms with Gasteiger partial charge in [-0.25, -0.2) is 0 Å². The average Bonchev–Trinajstić information content (AvgIpc) is 3.71. The first kappa shape index (κ1) is 31.4. The van der Waals surface area contributed by atoms with E-state index in [4.69, 9.17) is 0 Å². The van der Waals surface area contributed by atoms with E-state index in [2.05, 4.69) is 195 Å². The molecule has 0 bridgehead atoms. The van der Waals surface area contributed by atoms with Crippen molar-refractivity contribution < 1.29 is 0 Å². The first-order valence-corrected chi connectivity index (χ1v) is 19.4. The number of para-hydroxylation sites is 1. The van der Waals surface area contributed by atoms with Crippen molar-refractivity contribution in [1.82, 2.24) is 9.13 Å². The average molecular weight is 695 g/mol. The molecule has 0 amide bonds. The smallest absolute Gasteiger partial charge is 0.0581 e. The molecule has 0 radical (unpaired) electrons. The van der Waals surface area contributed by atoms with Gasteiger partial charge in [0.15, 0.2) is 0 Å². The normalized spacial score (nSPS) is 15.2. The van der Waals surface area contributed by atoms with Crippen LogP contribution in [-0.2, 0) is 10.8 Å². The molecule has 10 aromatic rings. The van der Waals surface area contributed by atoms with E-state index in [9.17, 15) is 0 Å². The maximum Gasteiger partial charge on any atom is 0.0581 e. The summed E-state index contributed by atoms with van der Waals surface area (Å²) in [6.07, 6.45) is 2.35. The second-order valence-electron chi connectivity index (χ2n) is 16.8. The van der Waals surface area contributed by atoms with Gasteiger partial charge in [0.05, 0.1) is 27.8 Å². The predicted molar refractivity (Wildman–Crippen MR) is 231 cm³/mol. The Hall–Kier alpha value is -6.12. The van der Waals surface area contributed by atoms with Gasteiger partial charge in [0.1, 0.15) is 0 Å². The SMILES string of the molecule is CC1(C)CCC(C)(C)c2c1ccc1c3cc4c(cc3n(-c3ccccc3)c21)c1c2ccccc2ccc1n4-c1ccc(-c2ccccc2)c2ccccc12. The van der Waals surface area contributed by atoms with Crippen LogP contribution in [0, 0.1) is 0 Å². The number of benzene rings is 8. The highest BCUT2D eigenvalue weighted by Gasteiger charge is 2.39. The van der Waals surface area contributed by atoms with Crippen LogP contribution in [0.4, 0.5) is 0 Å². The van der Waals surface area contributed by atoms with Gasteiger partial charge in [0.25, 0.3) is 0 Å². The molecule has 11 rings (SSSR count). The summed E-state index contributed by atoms with van der Waals surface area (Å²) >= 11 is 0. The van der Waals surface area contributed by atoms with Crippen molar-refractivity contribution in [3.63, 3.8) is 0 Å². The van der Waals surface area contributed by atoms with Crippen LogP contribution in [0.15, 0.2) is 158 Å². The highest BCUT2D eigenvalue weighted by atomic mass is 15.0. The summed E-state index contributed by atoms with van der Waals surface area (Å²) in [7, 11) is 0. The van der Waals surface area contributed by atoms with Crippen molar-refractivity contribution in [3.8, 4) is 22.5 Å². The van der Waals surface area contributed by atoms with E-state index >= 15 is 0 Å². The Labute approximate surface area is 315 Å². The molecule has 0 unspecified atom stereocenters. The number of rotatable bonds is 3. The highest BCUT2D eigenvalue weighted by molar-refractivity contribution is 6.26. The molecule has 260 valence electrons. The van der Waals surface area contributed by atoms with E-state index in [1.54, 1.807) is 0 Å². The Balaban J connectivity index is 1.33. The van der Waals surface area contributed by atoms with Crippen LogP contribution in [-0.4, -0.2) is 9.13 Å².